The highest BCUT2D eigenvalue weighted by molar-refractivity contribution is 5.94. The molecule has 0 bridgehead atoms. The van der Waals surface area contributed by atoms with Crippen LogP contribution in [0.25, 0.3) is 0 Å². The number of carboxylic acids is 1. The SMILES string of the molecule is COc1cc(NC(=O)N2CCCCC2C)ccc1C(=O)O. The first-order chi connectivity index (χ1) is 10.0. The number of nitrogens with one attached hydrogen (secondary N) is 1. The summed E-state index contributed by atoms with van der Waals surface area (Å²) >= 11 is 0. The van der Waals surface area contributed by atoms with Gasteiger partial charge < -0.3 is 20.1 Å². The second-order valence-corrected chi connectivity index (χ2v) is 5.19. The van der Waals surface area contributed by atoms with Gasteiger partial charge in [0.05, 0.1) is 7.11 Å². The quantitative estimate of drug-likeness (QED) is 0.898. The summed E-state index contributed by atoms with van der Waals surface area (Å²) in [6.07, 6.45) is 3.17. The fourth-order valence-corrected chi connectivity index (χ4v) is 2.54. The Labute approximate surface area is 123 Å². The highest BCUT2D eigenvalue weighted by Gasteiger charge is 2.23. The number of carboxylic acid groups (broad SMARTS) is 1. The molecule has 1 aromatic rings. The number of benzene rings is 1. The van der Waals surface area contributed by atoms with Crippen LogP contribution in [0.3, 0.4) is 0 Å². The Morgan fingerprint density at radius 2 is 2.14 bits per heavy atom. The van der Waals surface area contributed by atoms with Crippen LogP contribution in [-0.2, 0) is 0 Å². The van der Waals surface area contributed by atoms with E-state index in [0.29, 0.717) is 5.69 Å². The summed E-state index contributed by atoms with van der Waals surface area (Å²) in [6, 6.07) is 4.58. The topological polar surface area (TPSA) is 78.9 Å². The molecule has 21 heavy (non-hydrogen) atoms. The average Bonchev–Trinajstić information content (AvgIpc) is 2.47. The number of nitrogens with zero attached hydrogens (tertiary/aromatic N) is 1. The van der Waals surface area contributed by atoms with Crippen molar-refractivity contribution >= 4 is 17.7 Å². The van der Waals surface area contributed by atoms with Gasteiger partial charge in [-0.25, -0.2) is 9.59 Å². The summed E-state index contributed by atoms with van der Waals surface area (Å²) < 4.78 is 5.05. The van der Waals surface area contributed by atoms with Gasteiger partial charge in [0, 0.05) is 24.3 Å². The van der Waals surface area contributed by atoms with E-state index in [1.165, 1.54) is 19.2 Å². The van der Waals surface area contributed by atoms with Crippen LogP contribution in [0.5, 0.6) is 5.75 Å². The van der Waals surface area contributed by atoms with E-state index in [0.717, 1.165) is 25.8 Å². The zero-order chi connectivity index (χ0) is 15.4. The largest absolute Gasteiger partial charge is 0.496 e. The number of hydrogen-bond donors (Lipinski definition) is 2. The van der Waals surface area contributed by atoms with Crippen LogP contribution in [0, 0.1) is 0 Å². The minimum absolute atomic E-state index is 0.0711. The number of likely N-dealkylation sites (tertiary alicyclic amines) is 1. The minimum atomic E-state index is -1.06. The van der Waals surface area contributed by atoms with Crippen molar-refractivity contribution in [3.63, 3.8) is 0 Å². The molecule has 0 aliphatic carbocycles. The van der Waals surface area contributed by atoms with Crippen LogP contribution in [0.2, 0.25) is 0 Å². The molecular formula is C15H20N2O4. The van der Waals surface area contributed by atoms with Gasteiger partial charge in [-0.05, 0) is 38.3 Å². The molecule has 6 nitrogen and oxygen atoms in total. The molecule has 6 heteroatoms. The van der Waals surface area contributed by atoms with Gasteiger partial charge in [0.2, 0.25) is 0 Å². The van der Waals surface area contributed by atoms with E-state index < -0.39 is 5.97 Å². The summed E-state index contributed by atoms with van der Waals surface area (Å²) in [7, 11) is 1.40. The van der Waals surface area contributed by atoms with Crippen LogP contribution in [0.15, 0.2) is 18.2 Å². The molecule has 2 rings (SSSR count). The van der Waals surface area contributed by atoms with Crippen molar-refractivity contribution in [2.45, 2.75) is 32.2 Å². The van der Waals surface area contributed by atoms with Crippen molar-refractivity contribution < 1.29 is 19.4 Å². The molecule has 1 saturated heterocycles. The third kappa shape index (κ3) is 3.45. The van der Waals surface area contributed by atoms with E-state index in [-0.39, 0.29) is 23.4 Å². The molecule has 0 saturated carbocycles. The predicted octanol–water partition coefficient (Wildman–Crippen LogP) is 2.80. The monoisotopic (exact) mass is 292 g/mol. The molecule has 0 spiro atoms. The Morgan fingerprint density at radius 3 is 2.76 bits per heavy atom. The molecule has 0 radical (unpaired) electrons. The highest BCUT2D eigenvalue weighted by atomic mass is 16.5. The molecule has 1 atom stereocenters. The number of hydrogen-bond acceptors (Lipinski definition) is 3. The van der Waals surface area contributed by atoms with Crippen LogP contribution in [0.1, 0.15) is 36.5 Å². The fraction of sp³-hybridized carbons (Fsp3) is 0.467. The standard InChI is InChI=1S/C15H20N2O4/c1-10-5-3-4-8-17(10)15(20)16-11-6-7-12(14(18)19)13(9-11)21-2/h6-7,9-10H,3-5,8H2,1-2H3,(H,16,20)(H,18,19). The molecule has 1 aliphatic rings. The van der Waals surface area contributed by atoms with Crippen LogP contribution in [-0.4, -0.2) is 41.7 Å². The van der Waals surface area contributed by atoms with E-state index in [9.17, 15) is 9.59 Å². The Morgan fingerprint density at radius 1 is 1.38 bits per heavy atom. The van der Waals surface area contributed by atoms with Gasteiger partial charge in [-0.3, -0.25) is 0 Å². The molecule has 1 aliphatic heterocycles. The third-order valence-electron chi connectivity index (χ3n) is 3.75. The van der Waals surface area contributed by atoms with E-state index >= 15 is 0 Å². The minimum Gasteiger partial charge on any atom is -0.496 e. The average molecular weight is 292 g/mol. The molecule has 1 aromatic carbocycles. The van der Waals surface area contributed by atoms with Gasteiger partial charge in [-0.15, -0.1) is 0 Å². The molecule has 114 valence electrons. The second kappa shape index (κ2) is 6.47. The number of methoxy groups -OCH3 is 1. The number of ether oxygens (including phenoxy) is 1. The Bertz CT molecular complexity index is 544. The number of urea groups is 1. The van der Waals surface area contributed by atoms with Crippen molar-refractivity contribution in [3.8, 4) is 5.75 Å². The normalized spacial score (nSPS) is 18.2. The summed E-state index contributed by atoms with van der Waals surface area (Å²) in [5.41, 5.74) is 0.599. The van der Waals surface area contributed by atoms with Gasteiger partial charge in [-0.1, -0.05) is 0 Å². The van der Waals surface area contributed by atoms with Crippen molar-refractivity contribution in [3.05, 3.63) is 23.8 Å². The van der Waals surface area contributed by atoms with Crippen LogP contribution in [0.4, 0.5) is 10.5 Å². The number of aromatic carboxylic acids is 1. The lowest BCUT2D eigenvalue weighted by molar-refractivity contribution is 0.0693. The van der Waals surface area contributed by atoms with Crippen molar-refractivity contribution in [2.75, 3.05) is 19.0 Å². The van der Waals surface area contributed by atoms with Crippen molar-refractivity contribution in [2.24, 2.45) is 0 Å². The molecule has 0 aromatic heterocycles. The van der Waals surface area contributed by atoms with Crippen LogP contribution < -0.4 is 10.1 Å². The van der Waals surface area contributed by atoms with Crippen molar-refractivity contribution in [1.82, 2.24) is 4.90 Å². The summed E-state index contributed by atoms with van der Waals surface area (Å²) in [5, 5.41) is 11.8. The first-order valence-electron chi connectivity index (χ1n) is 7.02. The van der Waals surface area contributed by atoms with E-state index in [1.54, 1.807) is 11.0 Å². The number of piperidine rings is 1. The number of rotatable bonds is 3. The zero-order valence-corrected chi connectivity index (χ0v) is 12.3. The Hall–Kier alpha value is -2.24. The summed E-state index contributed by atoms with van der Waals surface area (Å²) in [6.45, 7) is 2.78. The molecule has 2 amide bonds. The lowest BCUT2D eigenvalue weighted by Gasteiger charge is -2.33. The number of carbonyl (C=O) groups excluding carboxylic acids is 1. The van der Waals surface area contributed by atoms with Gasteiger partial charge in [0.25, 0.3) is 0 Å². The van der Waals surface area contributed by atoms with Gasteiger partial charge in [0.1, 0.15) is 11.3 Å². The third-order valence-corrected chi connectivity index (χ3v) is 3.75. The maximum Gasteiger partial charge on any atom is 0.339 e. The molecule has 2 N–H and O–H groups in total. The Kier molecular flexibility index (Phi) is 4.67. The maximum absolute atomic E-state index is 12.3. The van der Waals surface area contributed by atoms with Crippen LogP contribution >= 0.6 is 0 Å². The molecule has 1 fully saturated rings. The Balaban J connectivity index is 2.12. The number of amides is 2. The van der Waals surface area contributed by atoms with Gasteiger partial charge in [-0.2, -0.15) is 0 Å². The first-order valence-corrected chi connectivity index (χ1v) is 7.02. The number of carbonyl (C=O) groups is 2. The molecule has 1 unspecified atom stereocenters. The van der Waals surface area contributed by atoms with E-state index in [2.05, 4.69) is 5.32 Å². The summed E-state index contributed by atoms with van der Waals surface area (Å²) in [5.74, 6) is -0.832. The maximum atomic E-state index is 12.3. The molecule has 1 heterocycles. The van der Waals surface area contributed by atoms with Gasteiger partial charge in [0.15, 0.2) is 0 Å². The van der Waals surface area contributed by atoms with E-state index in [4.69, 9.17) is 9.84 Å². The lowest BCUT2D eigenvalue weighted by Crippen LogP contribution is -2.44. The summed E-state index contributed by atoms with van der Waals surface area (Å²) in [4.78, 5) is 25.1. The second-order valence-electron chi connectivity index (χ2n) is 5.19. The highest BCUT2D eigenvalue weighted by Crippen LogP contribution is 2.24. The zero-order valence-electron chi connectivity index (χ0n) is 12.3. The van der Waals surface area contributed by atoms with Gasteiger partial charge >= 0.3 is 12.0 Å². The lowest BCUT2D eigenvalue weighted by atomic mass is 10.0. The van der Waals surface area contributed by atoms with Crippen molar-refractivity contribution in [1.29, 1.82) is 0 Å². The van der Waals surface area contributed by atoms with E-state index in [1.807, 2.05) is 6.92 Å². The number of anilines is 1. The smallest absolute Gasteiger partial charge is 0.339 e. The fourth-order valence-electron chi connectivity index (χ4n) is 2.54. The first kappa shape index (κ1) is 15.2. The predicted molar refractivity (Wildman–Crippen MR) is 79.0 cm³/mol. The molecular weight excluding hydrogens is 272 g/mol.